The topological polar surface area (TPSA) is 26.3 Å². The van der Waals surface area contributed by atoms with Crippen LogP contribution in [0, 0.1) is 6.92 Å². The Morgan fingerprint density at radius 2 is 1.80 bits per heavy atom. The van der Waals surface area contributed by atoms with Gasteiger partial charge in [0, 0.05) is 0 Å². The fourth-order valence-corrected chi connectivity index (χ4v) is 1.57. The summed E-state index contributed by atoms with van der Waals surface area (Å²) in [6.45, 7) is 0.316. The number of hydrogen-bond acceptors (Lipinski definition) is 2. The quantitative estimate of drug-likeness (QED) is 0.809. The number of alkyl halides is 3. The summed E-state index contributed by atoms with van der Waals surface area (Å²) in [5, 5.41) is 0. The van der Waals surface area contributed by atoms with E-state index in [0.29, 0.717) is 0 Å². The largest absolute Gasteiger partial charge is 0.413 e. The van der Waals surface area contributed by atoms with E-state index in [0.717, 1.165) is 5.56 Å². The van der Waals surface area contributed by atoms with E-state index in [4.69, 9.17) is 0 Å². The maximum atomic E-state index is 11.7. The predicted octanol–water partition coefficient (Wildman–Crippen LogP) is 2.60. The Kier molecular flexibility index (Phi) is 3.87. The molecule has 0 aromatic heterocycles. The van der Waals surface area contributed by atoms with E-state index in [1.807, 2.05) is 6.92 Å². The van der Waals surface area contributed by atoms with Gasteiger partial charge in [0.2, 0.25) is 0 Å². The standard InChI is InChI=1S/C9H9F3O2S/c1-7-2-4-8(5-3-7)15(13)14-6-9(10,11)12/h2-5H,6H2,1H3. The minimum atomic E-state index is -4.46. The second kappa shape index (κ2) is 4.76. The van der Waals surface area contributed by atoms with Crippen molar-refractivity contribution in [1.82, 2.24) is 0 Å². The molecule has 0 amide bonds. The fourth-order valence-electron chi connectivity index (χ4n) is 0.838. The molecule has 0 aliphatic rings. The Hall–Kier alpha value is -0.880. The van der Waals surface area contributed by atoms with Gasteiger partial charge in [-0.2, -0.15) is 13.2 Å². The van der Waals surface area contributed by atoms with E-state index in [1.54, 1.807) is 12.1 Å². The summed E-state index contributed by atoms with van der Waals surface area (Å²) >= 11 is -2.06. The number of rotatable bonds is 3. The zero-order valence-corrected chi connectivity index (χ0v) is 8.69. The van der Waals surface area contributed by atoms with Gasteiger partial charge in [0.05, 0.1) is 4.90 Å². The zero-order chi connectivity index (χ0) is 11.5. The Balaban J connectivity index is 2.58. The summed E-state index contributed by atoms with van der Waals surface area (Å²) in [6.07, 6.45) is -4.46. The van der Waals surface area contributed by atoms with Gasteiger partial charge in [-0.05, 0) is 19.1 Å². The minimum absolute atomic E-state index is 0.227. The maximum absolute atomic E-state index is 11.7. The van der Waals surface area contributed by atoms with Gasteiger partial charge in [0.25, 0.3) is 0 Å². The predicted molar refractivity (Wildman–Crippen MR) is 49.6 cm³/mol. The van der Waals surface area contributed by atoms with Crippen LogP contribution >= 0.6 is 0 Å². The molecule has 1 rings (SSSR count). The molecule has 0 saturated heterocycles. The van der Waals surface area contributed by atoms with E-state index in [9.17, 15) is 17.4 Å². The summed E-state index contributed by atoms with van der Waals surface area (Å²) in [7, 11) is 0. The molecule has 0 heterocycles. The Bertz CT molecular complexity index is 345. The van der Waals surface area contributed by atoms with Crippen molar-refractivity contribution in [2.75, 3.05) is 6.61 Å². The van der Waals surface area contributed by atoms with Gasteiger partial charge in [-0.15, -0.1) is 0 Å². The van der Waals surface area contributed by atoms with Crippen LogP contribution in [0.25, 0.3) is 0 Å². The molecule has 0 fully saturated rings. The Morgan fingerprint density at radius 1 is 1.27 bits per heavy atom. The van der Waals surface area contributed by atoms with Gasteiger partial charge in [0.15, 0.2) is 17.7 Å². The molecule has 0 N–H and O–H groups in total. The number of hydrogen-bond donors (Lipinski definition) is 0. The molecule has 84 valence electrons. The number of benzene rings is 1. The van der Waals surface area contributed by atoms with Crippen LogP contribution in [-0.4, -0.2) is 17.0 Å². The molecular weight excluding hydrogens is 229 g/mol. The highest BCUT2D eigenvalue weighted by molar-refractivity contribution is 7.80. The van der Waals surface area contributed by atoms with Crippen molar-refractivity contribution >= 4 is 11.1 Å². The number of halogens is 3. The van der Waals surface area contributed by atoms with E-state index in [2.05, 4.69) is 4.18 Å². The lowest BCUT2D eigenvalue weighted by Crippen LogP contribution is -2.17. The van der Waals surface area contributed by atoms with Gasteiger partial charge in [-0.3, -0.25) is 4.18 Å². The summed E-state index contributed by atoms with van der Waals surface area (Å²) in [6, 6.07) is 6.26. The summed E-state index contributed by atoms with van der Waals surface area (Å²) in [4.78, 5) is 0.227. The second-order valence-corrected chi connectivity index (χ2v) is 4.10. The fraction of sp³-hybridized carbons (Fsp3) is 0.333. The molecule has 0 radical (unpaired) electrons. The molecule has 1 unspecified atom stereocenters. The monoisotopic (exact) mass is 238 g/mol. The van der Waals surface area contributed by atoms with Crippen LogP contribution in [0.5, 0.6) is 0 Å². The van der Waals surface area contributed by atoms with Crippen molar-refractivity contribution in [2.45, 2.75) is 18.0 Å². The molecule has 2 nitrogen and oxygen atoms in total. The van der Waals surface area contributed by atoms with Crippen LogP contribution < -0.4 is 0 Å². The third-order valence-electron chi connectivity index (χ3n) is 1.54. The molecule has 1 aromatic rings. The average molecular weight is 238 g/mol. The lowest BCUT2D eigenvalue weighted by atomic mass is 10.2. The summed E-state index contributed by atoms with van der Waals surface area (Å²) < 4.78 is 50.6. The smallest absolute Gasteiger partial charge is 0.277 e. The van der Waals surface area contributed by atoms with Crippen LogP contribution in [0.1, 0.15) is 5.56 Å². The highest BCUT2D eigenvalue weighted by Gasteiger charge is 2.29. The molecule has 1 atom stereocenters. The molecule has 0 aliphatic heterocycles. The first-order valence-electron chi connectivity index (χ1n) is 4.07. The van der Waals surface area contributed by atoms with Crippen LogP contribution in [0.3, 0.4) is 0 Å². The van der Waals surface area contributed by atoms with E-state index < -0.39 is 23.9 Å². The van der Waals surface area contributed by atoms with E-state index in [-0.39, 0.29) is 4.90 Å². The maximum Gasteiger partial charge on any atom is 0.413 e. The van der Waals surface area contributed by atoms with E-state index in [1.165, 1.54) is 12.1 Å². The van der Waals surface area contributed by atoms with Crippen molar-refractivity contribution < 1.29 is 21.6 Å². The molecule has 0 bridgehead atoms. The molecule has 6 heteroatoms. The van der Waals surface area contributed by atoms with Crippen molar-refractivity contribution in [3.05, 3.63) is 29.8 Å². The molecule has 1 aromatic carbocycles. The first-order chi connectivity index (χ1) is 6.88. The van der Waals surface area contributed by atoms with Gasteiger partial charge in [-0.1, -0.05) is 17.7 Å². The normalized spacial score (nSPS) is 13.9. The van der Waals surface area contributed by atoms with E-state index >= 15 is 0 Å². The van der Waals surface area contributed by atoms with Crippen LogP contribution in [0.15, 0.2) is 29.2 Å². The number of aryl methyl sites for hydroxylation is 1. The van der Waals surface area contributed by atoms with Gasteiger partial charge in [-0.25, -0.2) is 4.21 Å². The first kappa shape index (κ1) is 12.2. The third-order valence-corrected chi connectivity index (χ3v) is 2.53. The zero-order valence-electron chi connectivity index (χ0n) is 7.88. The molecular formula is C9H9F3O2S. The van der Waals surface area contributed by atoms with Crippen molar-refractivity contribution in [3.8, 4) is 0 Å². The van der Waals surface area contributed by atoms with Crippen LogP contribution in [0.2, 0.25) is 0 Å². The molecule has 0 spiro atoms. The van der Waals surface area contributed by atoms with Crippen LogP contribution in [0.4, 0.5) is 13.2 Å². The lowest BCUT2D eigenvalue weighted by Gasteiger charge is -2.06. The van der Waals surface area contributed by atoms with Crippen molar-refractivity contribution in [1.29, 1.82) is 0 Å². The highest BCUT2D eigenvalue weighted by atomic mass is 32.2. The average Bonchev–Trinajstić information content (AvgIpc) is 2.14. The molecule has 0 saturated carbocycles. The minimum Gasteiger partial charge on any atom is -0.277 e. The van der Waals surface area contributed by atoms with Gasteiger partial charge in [0.1, 0.15) is 0 Å². The van der Waals surface area contributed by atoms with Crippen molar-refractivity contribution in [2.24, 2.45) is 0 Å². The van der Waals surface area contributed by atoms with Gasteiger partial charge < -0.3 is 0 Å². The lowest BCUT2D eigenvalue weighted by molar-refractivity contribution is -0.151. The third kappa shape index (κ3) is 4.44. The van der Waals surface area contributed by atoms with Crippen molar-refractivity contribution in [3.63, 3.8) is 0 Å². The first-order valence-corrected chi connectivity index (χ1v) is 5.14. The molecule has 0 aliphatic carbocycles. The summed E-state index contributed by atoms with van der Waals surface area (Å²) in [5.41, 5.74) is 0.937. The summed E-state index contributed by atoms with van der Waals surface area (Å²) in [5.74, 6) is 0. The molecule has 15 heavy (non-hydrogen) atoms. The highest BCUT2D eigenvalue weighted by Crippen LogP contribution is 2.17. The SMILES string of the molecule is Cc1ccc(S(=O)OCC(F)(F)F)cc1. The second-order valence-electron chi connectivity index (χ2n) is 2.93. The van der Waals surface area contributed by atoms with Gasteiger partial charge >= 0.3 is 6.18 Å². The Labute approximate surface area is 87.7 Å². The Morgan fingerprint density at radius 3 is 2.27 bits per heavy atom. The van der Waals surface area contributed by atoms with Crippen LogP contribution in [-0.2, 0) is 15.3 Å².